The van der Waals surface area contributed by atoms with Crippen LogP contribution in [0.4, 0.5) is 0 Å². The third kappa shape index (κ3) is 4.00. The highest BCUT2D eigenvalue weighted by Crippen LogP contribution is 2.29. The molecule has 0 aromatic rings. The Morgan fingerprint density at radius 2 is 2.29 bits per heavy atom. The van der Waals surface area contributed by atoms with E-state index in [-0.39, 0.29) is 12.0 Å². The summed E-state index contributed by atoms with van der Waals surface area (Å²) in [4.78, 5) is 11.6. The fraction of sp³-hybridized carbons (Fsp3) is 0.643. The van der Waals surface area contributed by atoms with Crippen molar-refractivity contribution in [2.45, 2.75) is 44.6 Å². The van der Waals surface area contributed by atoms with Crippen LogP contribution in [0.2, 0.25) is 0 Å². The third-order valence-corrected chi connectivity index (χ3v) is 3.60. The van der Waals surface area contributed by atoms with Gasteiger partial charge in [0.05, 0.1) is 6.10 Å². The van der Waals surface area contributed by atoms with E-state index in [4.69, 9.17) is 0 Å². The number of rotatable bonds is 5. The van der Waals surface area contributed by atoms with E-state index in [0.29, 0.717) is 25.3 Å². The van der Waals surface area contributed by atoms with Gasteiger partial charge in [-0.25, -0.2) is 0 Å². The SMILES string of the molecule is O=C(CC1CCC1)NCCC1=CC=CC(O)C1. The summed E-state index contributed by atoms with van der Waals surface area (Å²) in [5.74, 6) is 0.816. The summed E-state index contributed by atoms with van der Waals surface area (Å²) in [5, 5.41) is 12.4. The van der Waals surface area contributed by atoms with Gasteiger partial charge in [0.15, 0.2) is 0 Å². The average molecular weight is 235 g/mol. The Kier molecular flexibility index (Phi) is 4.37. The lowest BCUT2D eigenvalue weighted by molar-refractivity contribution is -0.122. The van der Waals surface area contributed by atoms with E-state index >= 15 is 0 Å². The zero-order chi connectivity index (χ0) is 12.1. The Morgan fingerprint density at radius 1 is 1.47 bits per heavy atom. The highest BCUT2D eigenvalue weighted by Gasteiger charge is 2.20. The predicted octanol–water partition coefficient (Wildman–Crippen LogP) is 1.93. The van der Waals surface area contributed by atoms with Gasteiger partial charge in [0.2, 0.25) is 5.91 Å². The number of aliphatic hydroxyl groups excluding tert-OH is 1. The maximum absolute atomic E-state index is 11.6. The van der Waals surface area contributed by atoms with Crippen LogP contribution in [-0.2, 0) is 4.79 Å². The quantitative estimate of drug-likeness (QED) is 0.765. The topological polar surface area (TPSA) is 49.3 Å². The molecular formula is C14H21NO2. The number of nitrogens with one attached hydrogen (secondary N) is 1. The molecule has 3 nitrogen and oxygen atoms in total. The van der Waals surface area contributed by atoms with E-state index in [2.05, 4.69) is 5.32 Å². The number of hydrogen-bond acceptors (Lipinski definition) is 2. The summed E-state index contributed by atoms with van der Waals surface area (Å²) < 4.78 is 0. The molecule has 0 heterocycles. The first-order valence-electron chi connectivity index (χ1n) is 6.55. The Morgan fingerprint density at radius 3 is 2.94 bits per heavy atom. The smallest absolute Gasteiger partial charge is 0.220 e. The van der Waals surface area contributed by atoms with Crippen LogP contribution in [0.25, 0.3) is 0 Å². The molecule has 94 valence electrons. The normalized spacial score (nSPS) is 24.1. The van der Waals surface area contributed by atoms with Gasteiger partial charge in [0, 0.05) is 13.0 Å². The molecule has 2 aliphatic rings. The molecule has 0 bridgehead atoms. The summed E-state index contributed by atoms with van der Waals surface area (Å²) in [7, 11) is 0. The molecule has 0 aromatic heterocycles. The molecule has 1 amide bonds. The van der Waals surface area contributed by atoms with E-state index in [9.17, 15) is 9.90 Å². The van der Waals surface area contributed by atoms with E-state index < -0.39 is 0 Å². The molecule has 0 radical (unpaired) electrons. The standard InChI is InChI=1S/C14H21NO2/c16-13-6-2-5-12(9-13)7-8-15-14(17)10-11-3-1-4-11/h2,5-6,11,13,16H,1,3-4,7-10H2,(H,15,17). The predicted molar refractivity (Wildman–Crippen MR) is 67.4 cm³/mol. The van der Waals surface area contributed by atoms with E-state index in [1.54, 1.807) is 6.08 Å². The molecular weight excluding hydrogens is 214 g/mol. The summed E-state index contributed by atoms with van der Waals surface area (Å²) >= 11 is 0. The van der Waals surface area contributed by atoms with Crippen molar-refractivity contribution in [3.05, 3.63) is 23.8 Å². The van der Waals surface area contributed by atoms with Crippen LogP contribution in [0.15, 0.2) is 23.8 Å². The molecule has 3 heteroatoms. The van der Waals surface area contributed by atoms with Gasteiger partial charge in [-0.3, -0.25) is 4.79 Å². The monoisotopic (exact) mass is 235 g/mol. The van der Waals surface area contributed by atoms with Crippen LogP contribution in [0.3, 0.4) is 0 Å². The molecule has 0 aromatic carbocycles. The van der Waals surface area contributed by atoms with Crippen molar-refractivity contribution in [2.24, 2.45) is 5.92 Å². The number of aliphatic hydroxyl groups is 1. The Labute approximate surface area is 103 Å². The number of amides is 1. The molecule has 0 spiro atoms. The Bertz CT molecular complexity index is 329. The first-order valence-corrected chi connectivity index (χ1v) is 6.55. The first kappa shape index (κ1) is 12.4. The largest absolute Gasteiger partial charge is 0.389 e. The number of hydrogen-bond donors (Lipinski definition) is 2. The minimum atomic E-state index is -0.347. The maximum atomic E-state index is 11.6. The second-order valence-corrected chi connectivity index (χ2v) is 5.08. The van der Waals surface area contributed by atoms with Crippen molar-refractivity contribution in [3.63, 3.8) is 0 Å². The van der Waals surface area contributed by atoms with Crippen LogP contribution < -0.4 is 5.32 Å². The number of allylic oxidation sites excluding steroid dienone is 2. The van der Waals surface area contributed by atoms with Crippen molar-refractivity contribution in [1.29, 1.82) is 0 Å². The average Bonchev–Trinajstić information content (AvgIpc) is 2.24. The Balaban J connectivity index is 1.60. The van der Waals surface area contributed by atoms with Gasteiger partial charge in [-0.05, 0) is 31.6 Å². The highest BCUT2D eigenvalue weighted by atomic mass is 16.3. The lowest BCUT2D eigenvalue weighted by Gasteiger charge is -2.24. The Hall–Kier alpha value is -1.09. The van der Waals surface area contributed by atoms with Gasteiger partial charge < -0.3 is 10.4 Å². The van der Waals surface area contributed by atoms with Gasteiger partial charge in [-0.1, -0.05) is 30.2 Å². The van der Waals surface area contributed by atoms with E-state index in [1.807, 2.05) is 12.2 Å². The molecule has 17 heavy (non-hydrogen) atoms. The molecule has 0 saturated heterocycles. The van der Waals surface area contributed by atoms with Gasteiger partial charge in [0.1, 0.15) is 0 Å². The summed E-state index contributed by atoms with van der Waals surface area (Å²) in [6, 6.07) is 0. The van der Waals surface area contributed by atoms with Crippen LogP contribution >= 0.6 is 0 Å². The van der Waals surface area contributed by atoms with Crippen molar-refractivity contribution < 1.29 is 9.90 Å². The number of carbonyl (C=O) groups excluding carboxylic acids is 1. The van der Waals surface area contributed by atoms with Crippen molar-refractivity contribution in [1.82, 2.24) is 5.32 Å². The lowest BCUT2D eigenvalue weighted by Crippen LogP contribution is -2.28. The minimum absolute atomic E-state index is 0.183. The van der Waals surface area contributed by atoms with Crippen LogP contribution in [0.5, 0.6) is 0 Å². The van der Waals surface area contributed by atoms with E-state index in [1.165, 1.54) is 24.8 Å². The second-order valence-electron chi connectivity index (χ2n) is 5.08. The summed E-state index contributed by atoms with van der Waals surface area (Å²) in [6.07, 6.45) is 11.3. The number of carbonyl (C=O) groups is 1. The maximum Gasteiger partial charge on any atom is 0.220 e. The van der Waals surface area contributed by atoms with Crippen molar-refractivity contribution >= 4 is 5.91 Å². The van der Waals surface area contributed by atoms with Gasteiger partial charge in [-0.15, -0.1) is 0 Å². The molecule has 2 aliphatic carbocycles. The fourth-order valence-electron chi connectivity index (χ4n) is 2.30. The molecule has 1 unspecified atom stereocenters. The van der Waals surface area contributed by atoms with Crippen LogP contribution in [-0.4, -0.2) is 23.7 Å². The molecule has 2 rings (SSSR count). The van der Waals surface area contributed by atoms with Crippen molar-refractivity contribution in [3.8, 4) is 0 Å². The van der Waals surface area contributed by atoms with Gasteiger partial charge >= 0.3 is 0 Å². The molecule has 1 saturated carbocycles. The first-order chi connectivity index (χ1) is 8.24. The lowest BCUT2D eigenvalue weighted by atomic mass is 9.83. The van der Waals surface area contributed by atoms with Gasteiger partial charge in [-0.2, -0.15) is 0 Å². The van der Waals surface area contributed by atoms with Crippen molar-refractivity contribution in [2.75, 3.05) is 6.54 Å². The summed E-state index contributed by atoms with van der Waals surface area (Å²) in [6.45, 7) is 0.692. The minimum Gasteiger partial charge on any atom is -0.389 e. The fourth-order valence-corrected chi connectivity index (χ4v) is 2.30. The second kappa shape index (κ2) is 6.01. The molecule has 1 atom stereocenters. The summed E-state index contributed by atoms with van der Waals surface area (Å²) in [5.41, 5.74) is 1.21. The van der Waals surface area contributed by atoms with Crippen LogP contribution in [0.1, 0.15) is 38.5 Å². The third-order valence-electron chi connectivity index (χ3n) is 3.60. The zero-order valence-corrected chi connectivity index (χ0v) is 10.2. The van der Waals surface area contributed by atoms with Gasteiger partial charge in [0.25, 0.3) is 0 Å². The molecule has 1 fully saturated rings. The van der Waals surface area contributed by atoms with E-state index in [0.717, 1.165) is 6.42 Å². The molecule has 2 N–H and O–H groups in total. The van der Waals surface area contributed by atoms with Crippen LogP contribution in [0, 0.1) is 5.92 Å². The zero-order valence-electron chi connectivity index (χ0n) is 10.2. The highest BCUT2D eigenvalue weighted by molar-refractivity contribution is 5.76. The molecule has 0 aliphatic heterocycles.